The van der Waals surface area contributed by atoms with E-state index in [1.165, 1.54) is 32.9 Å². The van der Waals surface area contributed by atoms with Crippen LogP contribution in [0.2, 0.25) is 0 Å². The molecule has 5 aliphatic carbocycles. The molecule has 44 atom stereocenters. The van der Waals surface area contributed by atoms with E-state index in [1.807, 2.05) is 13.8 Å². The average Bonchev–Trinajstić information content (AvgIpc) is 1.47. The summed E-state index contributed by atoms with van der Waals surface area (Å²) in [4.78, 5) is 31.1. The number of carbonyl (C=O) groups is 2. The molecule has 0 bridgehead atoms. The zero-order chi connectivity index (χ0) is 87.4. The Balaban J connectivity index is 0.827. The molecule has 7 saturated heterocycles. The van der Waals surface area contributed by atoms with Gasteiger partial charge in [0.15, 0.2) is 43.8 Å². The van der Waals surface area contributed by atoms with Gasteiger partial charge in [-0.05, 0) is 118 Å². The summed E-state index contributed by atoms with van der Waals surface area (Å²) >= 11 is 0. The first kappa shape index (κ1) is 94.9. The third-order valence-corrected chi connectivity index (χ3v) is 29.3. The van der Waals surface area contributed by atoms with Crippen molar-refractivity contribution in [3.8, 4) is 0 Å². The summed E-state index contributed by atoms with van der Waals surface area (Å²) in [7, 11) is 0. The Morgan fingerprint density at radius 1 is 0.521 bits per heavy atom. The van der Waals surface area contributed by atoms with Crippen LogP contribution < -0.4 is 0 Å². The van der Waals surface area contributed by atoms with Gasteiger partial charge in [-0.2, -0.15) is 0 Å². The van der Waals surface area contributed by atoms with Crippen LogP contribution in [0.4, 0.5) is 0 Å². The lowest BCUT2D eigenvalue weighted by molar-refractivity contribution is -0.390. The number of aliphatic hydroxyl groups excluding tert-OH is 21. The molecule has 0 radical (unpaired) electrons. The lowest BCUT2D eigenvalue weighted by Crippen LogP contribution is -2.70. The van der Waals surface area contributed by atoms with Gasteiger partial charge >= 0.3 is 11.9 Å². The number of ether oxygens (including phenoxy) is 15. The third-order valence-electron chi connectivity index (χ3n) is 29.3. The Kier molecular flexibility index (Phi) is 29.1. The number of carbonyl (C=O) groups excluding carboxylic acids is 2. The molecule has 11 fully saturated rings. The van der Waals surface area contributed by atoms with Gasteiger partial charge < -0.3 is 183 Å². The molecular weight excluding hydrogens is 1580 g/mol. The Hall–Kier alpha value is -3.24. The highest BCUT2D eigenvalue weighted by atomic mass is 16.8. The molecule has 0 aromatic carbocycles. The van der Waals surface area contributed by atoms with E-state index in [-0.39, 0.29) is 43.1 Å². The maximum Gasteiger partial charge on any atom is 0.336 e. The molecule has 119 heavy (non-hydrogen) atoms. The van der Waals surface area contributed by atoms with E-state index in [1.54, 1.807) is 0 Å². The van der Waals surface area contributed by atoms with Gasteiger partial charge in [0.25, 0.3) is 0 Å². The summed E-state index contributed by atoms with van der Waals surface area (Å²) in [6.45, 7) is 17.7. The maximum absolute atomic E-state index is 16.5. The van der Waals surface area contributed by atoms with Crippen molar-refractivity contribution < 1.29 is 193 Å². The summed E-state index contributed by atoms with van der Waals surface area (Å²) in [6.07, 6.45) is -55.2. The number of aliphatic hydroxyl groups is 22. The molecule has 682 valence electrons. The number of allylic oxidation sites excluding steroid dienone is 3. The predicted molar refractivity (Wildman–Crippen MR) is 398 cm³/mol. The van der Waals surface area contributed by atoms with E-state index in [9.17, 15) is 117 Å². The molecule has 0 aromatic heterocycles. The van der Waals surface area contributed by atoms with Crippen LogP contribution in [0.15, 0.2) is 36.0 Å². The summed E-state index contributed by atoms with van der Waals surface area (Å²) < 4.78 is 91.3. The molecule has 0 unspecified atom stereocenters. The van der Waals surface area contributed by atoms with Gasteiger partial charge in [-0.25, -0.2) is 4.79 Å². The number of rotatable bonds is 25. The van der Waals surface area contributed by atoms with Gasteiger partial charge in [-0.15, -0.1) is 6.58 Å². The van der Waals surface area contributed by atoms with Gasteiger partial charge in [0.1, 0.15) is 152 Å². The van der Waals surface area contributed by atoms with E-state index < -0.39 is 323 Å². The Morgan fingerprint density at radius 3 is 1.65 bits per heavy atom. The minimum absolute atomic E-state index is 0.0158. The van der Waals surface area contributed by atoms with Gasteiger partial charge in [-0.1, -0.05) is 72.3 Å². The molecule has 7 heterocycles. The SMILES string of the molecule is C=C[C@@](C)(O)CC/C=C(\CO)C(=O)O[C@H]1C[C@]2(C(=O)O[C@@H]3O[C@H](CO)[C@@H](O)[C@H](O)[C@H]3O[C@@H]3O[C@@H](C)[C@H](O[C@@H]4O[C@@H](CO)[C@H](O)[C@H]4O)[C@@H](O[C@@H]4O[C@H](CO)[C@@H](O)[C@H](O)[C@H]4O)[C@H]3O)[C@H](O)C[C@]3(C)C(=CC[C@@H]4[C@@]5(C)CC[C@H](O[C@@H]6O[C@H](CO[C@@H]7O[C@H](C)[C@H](O)[C@H](O)[C@H]7O[C@@H]7OC[C@@H](O)[C@H](O)[C@H]7O)[C@@H](O)[C@H](O)[C@H]6O)C(C)(C)[C@@H]5CC[C@]43C)[C@@H]2CC1(C)C. The van der Waals surface area contributed by atoms with Crippen LogP contribution in [-0.4, -0.2) is 391 Å². The van der Waals surface area contributed by atoms with Crippen LogP contribution >= 0.6 is 0 Å². The van der Waals surface area contributed by atoms with Crippen LogP contribution in [0.1, 0.15) is 133 Å². The Bertz CT molecular complexity index is 3510. The molecule has 12 aliphatic rings. The van der Waals surface area contributed by atoms with Crippen LogP contribution in [-0.2, 0) is 80.6 Å². The smallest absolute Gasteiger partial charge is 0.336 e. The number of fused-ring (bicyclic) bond motifs is 7. The van der Waals surface area contributed by atoms with Crippen LogP contribution in [0, 0.1) is 50.2 Å². The summed E-state index contributed by atoms with van der Waals surface area (Å²) in [5.74, 6) is -3.44. The molecule has 0 amide bonds. The number of hydrogen-bond donors (Lipinski definition) is 22. The van der Waals surface area contributed by atoms with E-state index in [0.717, 1.165) is 5.57 Å². The van der Waals surface area contributed by atoms with Crippen molar-refractivity contribution in [3.05, 3.63) is 36.0 Å². The van der Waals surface area contributed by atoms with Gasteiger partial charge in [0, 0.05) is 11.8 Å². The fourth-order valence-electron chi connectivity index (χ4n) is 21.6. The Morgan fingerprint density at radius 2 is 1.03 bits per heavy atom. The first-order chi connectivity index (χ1) is 55.8. The largest absolute Gasteiger partial charge is 0.458 e. The van der Waals surface area contributed by atoms with E-state index in [4.69, 9.17) is 71.1 Å². The molecule has 12 rings (SSSR count). The van der Waals surface area contributed by atoms with E-state index >= 15 is 4.79 Å². The van der Waals surface area contributed by atoms with Crippen molar-refractivity contribution in [2.24, 2.45) is 50.2 Å². The second kappa shape index (κ2) is 36.5. The lowest BCUT2D eigenvalue weighted by atomic mass is 9.33. The molecule has 4 saturated carbocycles. The normalized spacial score (nSPS) is 51.0. The molecule has 0 aromatic rings. The van der Waals surface area contributed by atoms with Crippen molar-refractivity contribution >= 4 is 11.9 Å². The Labute approximate surface area is 688 Å². The highest BCUT2D eigenvalue weighted by Gasteiger charge is 2.74. The fourth-order valence-corrected chi connectivity index (χ4v) is 21.6. The molecule has 39 heteroatoms. The minimum atomic E-state index is -2.24. The second-order valence-electron chi connectivity index (χ2n) is 37.3. The van der Waals surface area contributed by atoms with Crippen LogP contribution in [0.5, 0.6) is 0 Å². The maximum atomic E-state index is 16.5. The monoisotopic (exact) mass is 1710 g/mol. The average molecular weight is 1710 g/mol. The molecule has 39 nitrogen and oxygen atoms in total. The second-order valence-corrected chi connectivity index (χ2v) is 37.3. The van der Waals surface area contributed by atoms with Crippen molar-refractivity contribution in [2.75, 3.05) is 39.6 Å². The van der Waals surface area contributed by atoms with Crippen molar-refractivity contribution in [2.45, 2.75) is 360 Å². The fraction of sp³-hybridized carbons (Fsp3) is 0.900. The standard InChI is InChI=1S/C80H128O39/c1-12-76(8,104)19-13-14-33(25-81)65(102)113-45-24-80(73(103)119-72-64(55(96)49(90)38(27-83)111-72)118-70-60(101)62(116-69-59(100)52(93)48(89)37(26-82)109-69)61(32(3)108-70)115-68-57(98)50(91)39(28-84)110-68)35(22-74(45,4)5)34-15-16-42-77(9)20-18-44(75(6,7)41(77)17-21-78(42,10)79(34,11)23-43(80)86)114-67-58(99)53(94)51(92)40(112-67)30-106-71-63(54(95)46(87)31(2)107-71)117-66-56(97)47(88)36(85)29-105-66/h12,14-15,31-32,35-64,66-72,81-101,104H,1,13,16-30H2,2-11H3/b33-14+/t31-,32+,35+,36-,37-,38-,39+,40-,41+,42-,43-,44+,45+,46+,47+,48-,49-,50+,51-,52+,53+,54+,55+,56-,57-,58-,59-,60-,61+,62+,63-,64-,66+,67+,68+,69+,70+,71-,72+,76-,77+,78-,79-,80-/m1/s1. The molecular formula is C80H128O39. The number of esters is 2. The van der Waals surface area contributed by atoms with Gasteiger partial charge in [0.05, 0.1) is 75.2 Å². The summed E-state index contributed by atoms with van der Waals surface area (Å²) in [6, 6.07) is 0. The van der Waals surface area contributed by atoms with Crippen LogP contribution in [0.3, 0.4) is 0 Å². The minimum Gasteiger partial charge on any atom is -0.458 e. The summed E-state index contributed by atoms with van der Waals surface area (Å²) in [5, 5.41) is 244. The number of hydrogen-bond acceptors (Lipinski definition) is 39. The van der Waals surface area contributed by atoms with Crippen molar-refractivity contribution in [1.82, 2.24) is 0 Å². The lowest BCUT2D eigenvalue weighted by Gasteiger charge is -2.72. The first-order valence-corrected chi connectivity index (χ1v) is 41.4. The summed E-state index contributed by atoms with van der Waals surface area (Å²) in [5.41, 5.74) is -6.85. The predicted octanol–water partition coefficient (Wildman–Crippen LogP) is -6.10. The zero-order valence-electron chi connectivity index (χ0n) is 68.5. The highest BCUT2D eigenvalue weighted by molar-refractivity contribution is 5.89. The molecule has 22 N–H and O–H groups in total. The quantitative estimate of drug-likeness (QED) is 0.0175. The van der Waals surface area contributed by atoms with E-state index in [2.05, 4.69) is 47.3 Å². The topological polar surface area (TPSA) is 618 Å². The highest BCUT2D eigenvalue weighted by Crippen LogP contribution is 2.76. The van der Waals surface area contributed by atoms with E-state index in [0.29, 0.717) is 32.1 Å². The van der Waals surface area contributed by atoms with Gasteiger partial charge in [-0.3, -0.25) is 4.79 Å². The van der Waals surface area contributed by atoms with Crippen molar-refractivity contribution in [1.29, 1.82) is 0 Å². The molecule has 7 aliphatic heterocycles. The molecule has 0 spiro atoms. The first-order valence-electron chi connectivity index (χ1n) is 41.4. The zero-order valence-corrected chi connectivity index (χ0v) is 68.5. The third kappa shape index (κ3) is 17.4. The van der Waals surface area contributed by atoms with Gasteiger partial charge in [0.2, 0.25) is 6.29 Å². The van der Waals surface area contributed by atoms with Crippen molar-refractivity contribution in [3.63, 3.8) is 0 Å². The van der Waals surface area contributed by atoms with Crippen LogP contribution in [0.25, 0.3) is 0 Å².